The molecule has 0 heterocycles. The first-order valence-electron chi connectivity index (χ1n) is 5.73. The van der Waals surface area contributed by atoms with E-state index in [-0.39, 0.29) is 5.41 Å². The van der Waals surface area contributed by atoms with Crippen LogP contribution in [0.2, 0.25) is 0 Å². The quantitative estimate of drug-likeness (QED) is 0.771. The third-order valence-electron chi connectivity index (χ3n) is 3.34. The summed E-state index contributed by atoms with van der Waals surface area (Å²) in [6.45, 7) is 4.81. The lowest BCUT2D eigenvalue weighted by Gasteiger charge is -2.16. The standard InChI is InChI=1S/C14H17NO/c1-11-4-3-5-12(2)13(11)16-10-14(6-7-14)8-9-15/h3-5H,6-8,10H2,1-2H3. The minimum atomic E-state index is 0.156. The van der Waals surface area contributed by atoms with Crippen LogP contribution in [0.25, 0.3) is 0 Å². The Morgan fingerprint density at radius 1 is 1.31 bits per heavy atom. The molecule has 1 saturated carbocycles. The molecule has 2 heteroatoms. The highest BCUT2D eigenvalue weighted by Gasteiger charge is 2.43. The molecular weight excluding hydrogens is 198 g/mol. The lowest BCUT2D eigenvalue weighted by molar-refractivity contribution is 0.234. The van der Waals surface area contributed by atoms with E-state index in [1.54, 1.807) is 0 Å². The van der Waals surface area contributed by atoms with Crippen molar-refractivity contribution in [2.75, 3.05) is 6.61 Å². The molecule has 1 aliphatic rings. The van der Waals surface area contributed by atoms with Gasteiger partial charge in [-0.1, -0.05) is 18.2 Å². The van der Waals surface area contributed by atoms with Crippen molar-refractivity contribution in [3.05, 3.63) is 29.3 Å². The number of rotatable bonds is 4. The fourth-order valence-electron chi connectivity index (χ4n) is 1.97. The van der Waals surface area contributed by atoms with Crippen molar-refractivity contribution in [2.45, 2.75) is 33.1 Å². The average Bonchev–Trinajstić information content (AvgIpc) is 2.98. The van der Waals surface area contributed by atoms with Crippen LogP contribution in [0.15, 0.2) is 18.2 Å². The van der Waals surface area contributed by atoms with Crippen molar-refractivity contribution >= 4 is 0 Å². The highest BCUT2D eigenvalue weighted by molar-refractivity contribution is 5.39. The lowest BCUT2D eigenvalue weighted by atomic mass is 10.1. The largest absolute Gasteiger partial charge is 0.492 e. The van der Waals surface area contributed by atoms with E-state index in [0.717, 1.165) is 18.6 Å². The fraction of sp³-hybridized carbons (Fsp3) is 0.500. The molecule has 1 fully saturated rings. The van der Waals surface area contributed by atoms with Crippen LogP contribution in [0.3, 0.4) is 0 Å². The summed E-state index contributed by atoms with van der Waals surface area (Å²) in [6, 6.07) is 8.42. The maximum Gasteiger partial charge on any atom is 0.125 e. The third kappa shape index (κ3) is 2.19. The van der Waals surface area contributed by atoms with E-state index in [0.29, 0.717) is 13.0 Å². The first-order chi connectivity index (χ1) is 7.67. The second kappa shape index (κ2) is 4.17. The summed E-state index contributed by atoms with van der Waals surface area (Å²) in [5.41, 5.74) is 2.50. The molecule has 16 heavy (non-hydrogen) atoms. The molecule has 0 aromatic heterocycles. The summed E-state index contributed by atoms with van der Waals surface area (Å²) >= 11 is 0. The first kappa shape index (κ1) is 11.0. The summed E-state index contributed by atoms with van der Waals surface area (Å²) in [5, 5.41) is 8.74. The zero-order valence-corrected chi connectivity index (χ0v) is 9.92. The number of nitrogens with zero attached hydrogens (tertiary/aromatic N) is 1. The Labute approximate surface area is 96.9 Å². The van der Waals surface area contributed by atoms with Crippen LogP contribution in [0, 0.1) is 30.6 Å². The second-order valence-electron chi connectivity index (χ2n) is 4.84. The number of nitriles is 1. The van der Waals surface area contributed by atoms with Crippen LogP contribution in [0.5, 0.6) is 5.75 Å². The fourth-order valence-corrected chi connectivity index (χ4v) is 1.97. The zero-order chi connectivity index (χ0) is 11.6. The number of ether oxygens (including phenoxy) is 1. The van der Waals surface area contributed by atoms with Gasteiger partial charge in [-0.3, -0.25) is 0 Å². The first-order valence-corrected chi connectivity index (χ1v) is 5.73. The van der Waals surface area contributed by atoms with Crippen molar-refractivity contribution in [2.24, 2.45) is 5.41 Å². The molecule has 0 atom stereocenters. The van der Waals surface area contributed by atoms with Crippen molar-refractivity contribution in [1.29, 1.82) is 5.26 Å². The van der Waals surface area contributed by atoms with Gasteiger partial charge in [0.15, 0.2) is 0 Å². The summed E-state index contributed by atoms with van der Waals surface area (Å²) < 4.78 is 5.90. The predicted molar refractivity (Wildman–Crippen MR) is 63.3 cm³/mol. The Morgan fingerprint density at radius 3 is 2.44 bits per heavy atom. The minimum absolute atomic E-state index is 0.156. The van der Waals surface area contributed by atoms with Crippen molar-refractivity contribution in [3.8, 4) is 11.8 Å². The van der Waals surface area contributed by atoms with E-state index >= 15 is 0 Å². The Kier molecular flexibility index (Phi) is 2.87. The van der Waals surface area contributed by atoms with E-state index in [4.69, 9.17) is 10.00 Å². The Morgan fingerprint density at radius 2 is 1.94 bits per heavy atom. The van der Waals surface area contributed by atoms with Crippen molar-refractivity contribution in [3.63, 3.8) is 0 Å². The van der Waals surface area contributed by atoms with Gasteiger partial charge in [0.05, 0.1) is 12.7 Å². The SMILES string of the molecule is Cc1cccc(C)c1OCC1(CC#N)CC1. The molecule has 0 bridgehead atoms. The Balaban J connectivity index is 2.03. The van der Waals surface area contributed by atoms with Gasteiger partial charge in [-0.05, 0) is 37.8 Å². The van der Waals surface area contributed by atoms with Gasteiger partial charge in [0.25, 0.3) is 0 Å². The predicted octanol–water partition coefficient (Wildman–Crippen LogP) is 3.38. The molecule has 0 aliphatic heterocycles. The van der Waals surface area contributed by atoms with Gasteiger partial charge in [-0.2, -0.15) is 5.26 Å². The van der Waals surface area contributed by atoms with Crippen LogP contribution in [-0.2, 0) is 0 Å². The van der Waals surface area contributed by atoms with Crippen LogP contribution in [0.4, 0.5) is 0 Å². The van der Waals surface area contributed by atoms with E-state index in [1.807, 2.05) is 6.07 Å². The molecule has 0 saturated heterocycles. The minimum Gasteiger partial charge on any atom is -0.492 e. The second-order valence-corrected chi connectivity index (χ2v) is 4.84. The number of hydrogen-bond acceptors (Lipinski definition) is 2. The van der Waals surface area contributed by atoms with Crippen molar-refractivity contribution < 1.29 is 4.74 Å². The van der Waals surface area contributed by atoms with Crippen LogP contribution in [0.1, 0.15) is 30.4 Å². The molecule has 0 amide bonds. The highest BCUT2D eigenvalue weighted by Crippen LogP contribution is 2.48. The van der Waals surface area contributed by atoms with E-state index < -0.39 is 0 Å². The summed E-state index contributed by atoms with van der Waals surface area (Å²) in [6.07, 6.45) is 2.88. The van der Waals surface area contributed by atoms with Gasteiger partial charge >= 0.3 is 0 Å². The number of aryl methyl sites for hydroxylation is 2. The number of benzene rings is 1. The van der Waals surface area contributed by atoms with Gasteiger partial charge in [0, 0.05) is 11.8 Å². The summed E-state index contributed by atoms with van der Waals surface area (Å²) in [5.74, 6) is 0.992. The zero-order valence-electron chi connectivity index (χ0n) is 9.92. The van der Waals surface area contributed by atoms with Crippen molar-refractivity contribution in [1.82, 2.24) is 0 Å². The number of para-hydroxylation sites is 1. The van der Waals surface area contributed by atoms with E-state index in [9.17, 15) is 0 Å². The van der Waals surface area contributed by atoms with Crippen LogP contribution in [-0.4, -0.2) is 6.61 Å². The molecule has 0 unspecified atom stereocenters. The van der Waals surface area contributed by atoms with Gasteiger partial charge in [0.2, 0.25) is 0 Å². The molecule has 0 N–H and O–H groups in total. The van der Waals surface area contributed by atoms with Gasteiger partial charge in [-0.15, -0.1) is 0 Å². The van der Waals surface area contributed by atoms with E-state index in [1.165, 1.54) is 11.1 Å². The van der Waals surface area contributed by atoms with Crippen LogP contribution < -0.4 is 4.74 Å². The number of hydrogen-bond donors (Lipinski definition) is 0. The monoisotopic (exact) mass is 215 g/mol. The molecule has 84 valence electrons. The molecule has 1 aromatic carbocycles. The maximum absolute atomic E-state index is 8.74. The molecule has 2 nitrogen and oxygen atoms in total. The van der Waals surface area contributed by atoms with Crippen LogP contribution >= 0.6 is 0 Å². The van der Waals surface area contributed by atoms with Gasteiger partial charge in [0.1, 0.15) is 5.75 Å². The molecule has 1 aromatic rings. The third-order valence-corrected chi connectivity index (χ3v) is 3.34. The maximum atomic E-state index is 8.74. The summed E-state index contributed by atoms with van der Waals surface area (Å²) in [4.78, 5) is 0. The molecular formula is C14H17NO. The normalized spacial score (nSPS) is 16.6. The van der Waals surface area contributed by atoms with E-state index in [2.05, 4.69) is 32.0 Å². The molecule has 2 rings (SSSR count). The lowest BCUT2D eigenvalue weighted by Crippen LogP contribution is -2.13. The molecule has 1 aliphatic carbocycles. The Bertz CT molecular complexity index is 407. The van der Waals surface area contributed by atoms with Gasteiger partial charge < -0.3 is 4.74 Å². The smallest absolute Gasteiger partial charge is 0.125 e. The highest BCUT2D eigenvalue weighted by atomic mass is 16.5. The average molecular weight is 215 g/mol. The Hall–Kier alpha value is -1.49. The van der Waals surface area contributed by atoms with Gasteiger partial charge in [-0.25, -0.2) is 0 Å². The topological polar surface area (TPSA) is 33.0 Å². The summed E-state index contributed by atoms with van der Waals surface area (Å²) in [7, 11) is 0. The molecule has 0 radical (unpaired) electrons. The molecule has 0 spiro atoms.